The molecule has 0 spiro atoms. The standard InChI is InChI=1S/C13H11Cl4FO2/c1-5(2)3-8(19)12(18)13(20)6-4-7(14)10(16)11(17)9(6)15/h4-5,12H,3H2,1-2H3. The van der Waals surface area contributed by atoms with E-state index in [1.807, 2.05) is 0 Å². The zero-order chi connectivity index (χ0) is 15.6. The molecule has 7 heteroatoms. The van der Waals surface area contributed by atoms with Crippen LogP contribution in [0.2, 0.25) is 20.1 Å². The fourth-order valence-corrected chi connectivity index (χ4v) is 2.44. The first kappa shape index (κ1) is 17.7. The number of ketones is 2. The first-order chi connectivity index (χ1) is 9.16. The Balaban J connectivity index is 3.13. The highest BCUT2D eigenvalue weighted by molar-refractivity contribution is 6.52. The van der Waals surface area contributed by atoms with Crippen LogP contribution >= 0.6 is 46.4 Å². The summed E-state index contributed by atoms with van der Waals surface area (Å²) < 4.78 is 13.9. The number of benzene rings is 1. The molecule has 0 aliphatic heterocycles. The van der Waals surface area contributed by atoms with Gasteiger partial charge in [0.25, 0.3) is 0 Å². The lowest BCUT2D eigenvalue weighted by atomic mass is 9.98. The van der Waals surface area contributed by atoms with Crippen LogP contribution in [0.3, 0.4) is 0 Å². The maximum atomic E-state index is 13.9. The van der Waals surface area contributed by atoms with Crippen molar-refractivity contribution in [2.75, 3.05) is 0 Å². The lowest BCUT2D eigenvalue weighted by Crippen LogP contribution is -2.27. The minimum absolute atomic E-state index is 0.0289. The molecule has 1 aromatic rings. The molecule has 0 heterocycles. The molecule has 0 aliphatic carbocycles. The van der Waals surface area contributed by atoms with E-state index in [0.717, 1.165) is 6.07 Å². The van der Waals surface area contributed by atoms with E-state index in [9.17, 15) is 14.0 Å². The van der Waals surface area contributed by atoms with Crippen LogP contribution in [0, 0.1) is 5.92 Å². The maximum absolute atomic E-state index is 13.9. The molecule has 0 N–H and O–H groups in total. The minimum atomic E-state index is -2.29. The van der Waals surface area contributed by atoms with E-state index in [4.69, 9.17) is 46.4 Å². The molecule has 0 saturated carbocycles. The minimum Gasteiger partial charge on any atom is -0.296 e. The third-order valence-electron chi connectivity index (χ3n) is 2.49. The van der Waals surface area contributed by atoms with Crippen LogP contribution in [0.15, 0.2) is 6.07 Å². The number of carbonyl (C=O) groups excluding carboxylic acids is 2. The smallest absolute Gasteiger partial charge is 0.220 e. The molecular formula is C13H11Cl4FO2. The lowest BCUT2D eigenvalue weighted by Gasteiger charge is -2.11. The van der Waals surface area contributed by atoms with Crippen molar-refractivity contribution >= 4 is 58.0 Å². The van der Waals surface area contributed by atoms with Gasteiger partial charge in [0, 0.05) is 12.0 Å². The van der Waals surface area contributed by atoms with Gasteiger partial charge in [-0.25, -0.2) is 4.39 Å². The average molecular weight is 360 g/mol. The van der Waals surface area contributed by atoms with Gasteiger partial charge in [-0.1, -0.05) is 60.3 Å². The average Bonchev–Trinajstić information content (AvgIpc) is 2.38. The largest absolute Gasteiger partial charge is 0.296 e. The van der Waals surface area contributed by atoms with E-state index in [2.05, 4.69) is 0 Å². The second-order valence-corrected chi connectivity index (χ2v) is 6.18. The summed E-state index contributed by atoms with van der Waals surface area (Å²) in [6.07, 6.45) is -2.33. The van der Waals surface area contributed by atoms with Crippen molar-refractivity contribution in [1.82, 2.24) is 0 Å². The third kappa shape index (κ3) is 3.85. The fourth-order valence-electron chi connectivity index (χ4n) is 1.54. The molecule has 0 aromatic heterocycles. The lowest BCUT2D eigenvalue weighted by molar-refractivity contribution is -0.122. The Kier molecular flexibility index (Phi) is 6.26. The maximum Gasteiger partial charge on any atom is 0.220 e. The van der Waals surface area contributed by atoms with Crippen LogP contribution in [-0.2, 0) is 4.79 Å². The quantitative estimate of drug-likeness (QED) is 0.303. The van der Waals surface area contributed by atoms with Crippen LogP contribution in [0.4, 0.5) is 4.39 Å². The summed E-state index contributed by atoms with van der Waals surface area (Å²) in [5.41, 5.74) is -0.254. The zero-order valence-electron chi connectivity index (χ0n) is 10.6. The van der Waals surface area contributed by atoms with Crippen LogP contribution in [-0.4, -0.2) is 17.7 Å². The fraction of sp³-hybridized carbons (Fsp3) is 0.385. The Bertz CT molecular complexity index is 558. The van der Waals surface area contributed by atoms with Crippen molar-refractivity contribution in [2.45, 2.75) is 26.4 Å². The molecule has 0 fully saturated rings. The predicted octanol–water partition coefficient (Wildman–Crippen LogP) is 5.44. The monoisotopic (exact) mass is 358 g/mol. The van der Waals surface area contributed by atoms with Gasteiger partial charge in [0.05, 0.1) is 20.1 Å². The second kappa shape index (κ2) is 7.08. The highest BCUT2D eigenvalue weighted by Gasteiger charge is 2.30. The predicted molar refractivity (Wildman–Crippen MR) is 80.2 cm³/mol. The molecule has 110 valence electrons. The van der Waals surface area contributed by atoms with Crippen molar-refractivity contribution in [1.29, 1.82) is 0 Å². The number of halogens is 5. The molecule has 1 rings (SSSR count). The number of carbonyl (C=O) groups is 2. The Morgan fingerprint density at radius 3 is 2.15 bits per heavy atom. The molecule has 0 bridgehead atoms. The summed E-state index contributed by atoms with van der Waals surface area (Å²) in [4.78, 5) is 23.5. The molecule has 0 amide bonds. The van der Waals surface area contributed by atoms with Crippen LogP contribution < -0.4 is 0 Å². The van der Waals surface area contributed by atoms with Gasteiger partial charge in [0.1, 0.15) is 0 Å². The van der Waals surface area contributed by atoms with Crippen LogP contribution in [0.25, 0.3) is 0 Å². The van der Waals surface area contributed by atoms with Gasteiger partial charge >= 0.3 is 0 Å². The van der Waals surface area contributed by atoms with E-state index in [0.29, 0.717) is 0 Å². The summed E-state index contributed by atoms with van der Waals surface area (Å²) >= 11 is 23.2. The van der Waals surface area contributed by atoms with E-state index in [1.165, 1.54) is 0 Å². The summed E-state index contributed by atoms with van der Waals surface area (Å²) in [5.74, 6) is -1.93. The van der Waals surface area contributed by atoms with Crippen molar-refractivity contribution < 1.29 is 14.0 Å². The van der Waals surface area contributed by atoms with Crippen LogP contribution in [0.1, 0.15) is 30.6 Å². The SMILES string of the molecule is CC(C)CC(=O)C(F)C(=O)c1cc(Cl)c(Cl)c(Cl)c1Cl. The van der Waals surface area contributed by atoms with E-state index in [1.54, 1.807) is 13.8 Å². The molecule has 1 atom stereocenters. The Morgan fingerprint density at radius 1 is 1.10 bits per heavy atom. The molecule has 0 saturated heterocycles. The number of hydrogen-bond acceptors (Lipinski definition) is 2. The first-order valence-corrected chi connectivity index (χ1v) is 7.22. The van der Waals surface area contributed by atoms with Crippen LogP contribution in [0.5, 0.6) is 0 Å². The second-order valence-electron chi connectivity index (χ2n) is 4.64. The third-order valence-corrected chi connectivity index (χ3v) is 4.24. The topological polar surface area (TPSA) is 34.1 Å². The Labute approximate surface area is 136 Å². The van der Waals surface area contributed by atoms with Crippen molar-refractivity contribution in [3.63, 3.8) is 0 Å². The van der Waals surface area contributed by atoms with Gasteiger partial charge in [-0.3, -0.25) is 9.59 Å². The van der Waals surface area contributed by atoms with Gasteiger partial charge in [-0.2, -0.15) is 0 Å². The van der Waals surface area contributed by atoms with Crippen molar-refractivity contribution in [3.05, 3.63) is 31.7 Å². The first-order valence-electron chi connectivity index (χ1n) is 5.70. The summed E-state index contributed by atoms with van der Waals surface area (Å²) in [6.45, 7) is 3.50. The molecule has 1 aromatic carbocycles. The summed E-state index contributed by atoms with van der Waals surface area (Å²) in [6, 6.07) is 1.11. The highest BCUT2D eigenvalue weighted by Crippen LogP contribution is 2.38. The van der Waals surface area contributed by atoms with E-state index < -0.39 is 17.7 Å². The molecule has 2 nitrogen and oxygen atoms in total. The number of rotatable bonds is 5. The van der Waals surface area contributed by atoms with Gasteiger partial charge in [-0.15, -0.1) is 0 Å². The Morgan fingerprint density at radius 2 is 1.65 bits per heavy atom. The molecule has 1 unspecified atom stereocenters. The van der Waals surface area contributed by atoms with Crippen molar-refractivity contribution in [3.8, 4) is 0 Å². The molecule has 20 heavy (non-hydrogen) atoms. The van der Waals surface area contributed by atoms with E-state index in [-0.39, 0.29) is 38.0 Å². The number of alkyl halides is 1. The van der Waals surface area contributed by atoms with E-state index >= 15 is 0 Å². The highest BCUT2D eigenvalue weighted by atomic mass is 35.5. The van der Waals surface area contributed by atoms with Gasteiger partial charge in [0.15, 0.2) is 5.78 Å². The van der Waals surface area contributed by atoms with Gasteiger partial charge < -0.3 is 0 Å². The van der Waals surface area contributed by atoms with Crippen molar-refractivity contribution in [2.24, 2.45) is 5.92 Å². The molecular weight excluding hydrogens is 349 g/mol. The molecule has 0 radical (unpaired) electrons. The summed E-state index contributed by atoms with van der Waals surface area (Å²) in [7, 11) is 0. The van der Waals surface area contributed by atoms with Gasteiger partial charge in [0.2, 0.25) is 12.0 Å². The number of Topliss-reactive ketones (excluding diaryl/α,β-unsaturated/α-hetero) is 2. The molecule has 0 aliphatic rings. The Hall–Kier alpha value is -0.350. The van der Waals surface area contributed by atoms with Gasteiger partial charge in [-0.05, 0) is 12.0 Å². The summed E-state index contributed by atoms with van der Waals surface area (Å²) in [5, 5.41) is -0.425. The normalized spacial score (nSPS) is 12.6. The number of hydrogen-bond donors (Lipinski definition) is 0. The zero-order valence-corrected chi connectivity index (χ0v) is 13.7.